The summed E-state index contributed by atoms with van der Waals surface area (Å²) in [5.74, 6) is 0.484. The van der Waals surface area contributed by atoms with Crippen molar-refractivity contribution in [2.75, 3.05) is 26.2 Å². The van der Waals surface area contributed by atoms with E-state index in [0.29, 0.717) is 5.92 Å². The van der Waals surface area contributed by atoms with Crippen LogP contribution < -0.4 is 5.73 Å². The Morgan fingerprint density at radius 3 is 2.53 bits per heavy atom. The largest absolute Gasteiger partial charge is 0.327 e. The highest BCUT2D eigenvalue weighted by Crippen LogP contribution is 2.20. The molecule has 98 valence electrons. The molecule has 0 aromatic carbocycles. The lowest BCUT2D eigenvalue weighted by Gasteiger charge is -2.40. The summed E-state index contributed by atoms with van der Waals surface area (Å²) in [5.41, 5.74) is 6.08. The average Bonchev–Trinajstić information content (AvgIpc) is 2.39. The van der Waals surface area contributed by atoms with Gasteiger partial charge in [-0.25, -0.2) is 4.79 Å². The topological polar surface area (TPSA) is 49.6 Å². The summed E-state index contributed by atoms with van der Waals surface area (Å²) >= 11 is 0. The number of hydrogen-bond acceptors (Lipinski definition) is 2. The fourth-order valence-electron chi connectivity index (χ4n) is 2.94. The van der Waals surface area contributed by atoms with Gasteiger partial charge in [0.2, 0.25) is 0 Å². The lowest BCUT2D eigenvalue weighted by Crippen LogP contribution is -2.53. The molecule has 2 aliphatic heterocycles. The normalized spacial score (nSPS) is 30.5. The second-order valence-electron chi connectivity index (χ2n) is 5.40. The van der Waals surface area contributed by atoms with Crippen molar-refractivity contribution in [3.63, 3.8) is 0 Å². The number of urea groups is 1. The zero-order valence-corrected chi connectivity index (χ0v) is 10.9. The van der Waals surface area contributed by atoms with Gasteiger partial charge in [0.05, 0.1) is 0 Å². The molecule has 4 heteroatoms. The molecule has 0 aliphatic carbocycles. The zero-order valence-electron chi connectivity index (χ0n) is 10.9. The molecule has 2 unspecified atom stereocenters. The number of nitrogens with zero attached hydrogens (tertiary/aromatic N) is 2. The van der Waals surface area contributed by atoms with Crippen molar-refractivity contribution < 1.29 is 4.79 Å². The molecule has 17 heavy (non-hydrogen) atoms. The molecule has 0 aromatic heterocycles. The maximum atomic E-state index is 12.3. The number of rotatable bonds is 1. The van der Waals surface area contributed by atoms with Crippen LogP contribution in [0, 0.1) is 5.92 Å². The Bertz CT molecular complexity index is 263. The Labute approximate surface area is 104 Å². The lowest BCUT2D eigenvalue weighted by molar-refractivity contribution is 0.113. The van der Waals surface area contributed by atoms with Crippen LogP contribution in [0.2, 0.25) is 0 Å². The van der Waals surface area contributed by atoms with Crippen LogP contribution in [-0.4, -0.2) is 48.1 Å². The molecular formula is C13H25N3O. The van der Waals surface area contributed by atoms with Crippen molar-refractivity contribution in [1.29, 1.82) is 0 Å². The first kappa shape index (κ1) is 12.7. The van der Waals surface area contributed by atoms with Crippen LogP contribution >= 0.6 is 0 Å². The van der Waals surface area contributed by atoms with Crippen LogP contribution in [0.1, 0.15) is 39.0 Å². The lowest BCUT2D eigenvalue weighted by atomic mass is 9.91. The minimum absolute atomic E-state index is 0.245. The standard InChI is InChI=1S/C13H25N3O/c1-2-11-10-16(9-6-12(11)14)13(17)15-7-4-3-5-8-15/h11-12H,2-10,14H2,1H3. The minimum atomic E-state index is 0.245. The van der Waals surface area contributed by atoms with E-state index in [9.17, 15) is 4.79 Å². The molecule has 2 fully saturated rings. The van der Waals surface area contributed by atoms with E-state index in [0.717, 1.165) is 51.9 Å². The van der Waals surface area contributed by atoms with Gasteiger partial charge >= 0.3 is 6.03 Å². The summed E-state index contributed by atoms with van der Waals surface area (Å²) in [5, 5.41) is 0. The molecule has 2 rings (SSSR count). The summed E-state index contributed by atoms with van der Waals surface area (Å²) in [6.45, 7) is 5.75. The van der Waals surface area contributed by atoms with Crippen LogP contribution in [0.5, 0.6) is 0 Å². The van der Waals surface area contributed by atoms with Gasteiger partial charge in [-0.15, -0.1) is 0 Å². The van der Waals surface area contributed by atoms with Crippen molar-refractivity contribution in [2.45, 2.75) is 45.1 Å². The van der Waals surface area contributed by atoms with E-state index in [1.807, 2.05) is 9.80 Å². The molecular weight excluding hydrogens is 214 g/mol. The van der Waals surface area contributed by atoms with Crippen molar-refractivity contribution >= 4 is 6.03 Å². The van der Waals surface area contributed by atoms with E-state index in [-0.39, 0.29) is 12.1 Å². The predicted molar refractivity (Wildman–Crippen MR) is 68.8 cm³/mol. The van der Waals surface area contributed by atoms with Crippen LogP contribution in [0.3, 0.4) is 0 Å². The molecule has 0 saturated carbocycles. The van der Waals surface area contributed by atoms with Gasteiger partial charge in [0.15, 0.2) is 0 Å². The smallest absolute Gasteiger partial charge is 0.320 e. The van der Waals surface area contributed by atoms with E-state index in [1.165, 1.54) is 6.42 Å². The molecule has 2 heterocycles. The van der Waals surface area contributed by atoms with Gasteiger partial charge in [0.1, 0.15) is 0 Å². The maximum Gasteiger partial charge on any atom is 0.320 e. The Hall–Kier alpha value is -0.770. The second-order valence-corrected chi connectivity index (χ2v) is 5.40. The Morgan fingerprint density at radius 2 is 1.88 bits per heavy atom. The SMILES string of the molecule is CCC1CN(C(=O)N2CCCCC2)CCC1N. The van der Waals surface area contributed by atoms with Gasteiger partial charge in [0.25, 0.3) is 0 Å². The number of piperidine rings is 2. The molecule has 4 nitrogen and oxygen atoms in total. The number of hydrogen-bond donors (Lipinski definition) is 1. The molecule has 0 bridgehead atoms. The first-order chi connectivity index (χ1) is 8.22. The summed E-state index contributed by atoms with van der Waals surface area (Å²) in [7, 11) is 0. The third-order valence-corrected chi connectivity index (χ3v) is 4.21. The fraction of sp³-hybridized carbons (Fsp3) is 0.923. The summed E-state index contributed by atoms with van der Waals surface area (Å²) in [4.78, 5) is 16.4. The molecule has 0 spiro atoms. The van der Waals surface area contributed by atoms with Gasteiger partial charge in [-0.1, -0.05) is 13.3 Å². The van der Waals surface area contributed by atoms with Crippen LogP contribution in [0.4, 0.5) is 4.79 Å². The molecule has 0 radical (unpaired) electrons. The van der Waals surface area contributed by atoms with E-state index in [4.69, 9.17) is 5.73 Å². The minimum Gasteiger partial charge on any atom is -0.327 e. The Balaban J connectivity index is 1.90. The van der Waals surface area contributed by atoms with Gasteiger partial charge in [0, 0.05) is 32.2 Å². The first-order valence-corrected chi connectivity index (χ1v) is 7.01. The number of amides is 2. The highest BCUT2D eigenvalue weighted by atomic mass is 16.2. The number of carbonyl (C=O) groups excluding carboxylic acids is 1. The third-order valence-electron chi connectivity index (χ3n) is 4.21. The van der Waals surface area contributed by atoms with E-state index in [1.54, 1.807) is 0 Å². The van der Waals surface area contributed by atoms with E-state index < -0.39 is 0 Å². The average molecular weight is 239 g/mol. The van der Waals surface area contributed by atoms with Gasteiger partial charge in [-0.2, -0.15) is 0 Å². The van der Waals surface area contributed by atoms with Crippen molar-refractivity contribution in [3.8, 4) is 0 Å². The summed E-state index contributed by atoms with van der Waals surface area (Å²) < 4.78 is 0. The highest BCUT2D eigenvalue weighted by molar-refractivity contribution is 5.74. The number of nitrogens with two attached hydrogens (primary N) is 1. The molecule has 2 amide bonds. The molecule has 2 saturated heterocycles. The predicted octanol–water partition coefficient (Wildman–Crippen LogP) is 1.65. The van der Waals surface area contributed by atoms with Crippen LogP contribution in [0.15, 0.2) is 0 Å². The monoisotopic (exact) mass is 239 g/mol. The van der Waals surface area contributed by atoms with E-state index in [2.05, 4.69) is 6.92 Å². The Morgan fingerprint density at radius 1 is 1.18 bits per heavy atom. The highest BCUT2D eigenvalue weighted by Gasteiger charge is 2.30. The zero-order chi connectivity index (χ0) is 12.3. The van der Waals surface area contributed by atoms with Gasteiger partial charge in [-0.05, 0) is 31.6 Å². The van der Waals surface area contributed by atoms with Gasteiger partial charge < -0.3 is 15.5 Å². The molecule has 2 N–H and O–H groups in total. The maximum absolute atomic E-state index is 12.3. The third kappa shape index (κ3) is 2.92. The molecule has 0 aromatic rings. The van der Waals surface area contributed by atoms with E-state index >= 15 is 0 Å². The van der Waals surface area contributed by atoms with Gasteiger partial charge in [-0.3, -0.25) is 0 Å². The first-order valence-electron chi connectivity index (χ1n) is 7.01. The molecule has 2 atom stereocenters. The Kier molecular flexibility index (Phi) is 4.26. The van der Waals surface area contributed by atoms with Crippen molar-refractivity contribution in [1.82, 2.24) is 9.80 Å². The van der Waals surface area contributed by atoms with Crippen molar-refractivity contribution in [2.24, 2.45) is 11.7 Å². The van der Waals surface area contributed by atoms with Crippen LogP contribution in [0.25, 0.3) is 0 Å². The van der Waals surface area contributed by atoms with Crippen LogP contribution in [-0.2, 0) is 0 Å². The number of carbonyl (C=O) groups is 1. The summed E-state index contributed by atoms with van der Waals surface area (Å²) in [6.07, 6.45) is 5.63. The number of likely N-dealkylation sites (tertiary alicyclic amines) is 2. The quantitative estimate of drug-likeness (QED) is 0.756. The second kappa shape index (κ2) is 5.71. The molecule has 2 aliphatic rings. The fourth-order valence-corrected chi connectivity index (χ4v) is 2.94. The summed E-state index contributed by atoms with van der Waals surface area (Å²) in [6, 6.07) is 0.528. The van der Waals surface area contributed by atoms with Crippen molar-refractivity contribution in [3.05, 3.63) is 0 Å².